The lowest BCUT2D eigenvalue weighted by Gasteiger charge is -2.30. The molecule has 1 rings (SSSR count). The van der Waals surface area contributed by atoms with Crippen molar-refractivity contribution in [3.63, 3.8) is 0 Å². The Balaban J connectivity index is 2.70. The highest BCUT2D eigenvalue weighted by atomic mass is 32.1. The van der Waals surface area contributed by atoms with Crippen molar-refractivity contribution in [3.8, 4) is 0 Å². The third kappa shape index (κ3) is 1.62. The highest BCUT2D eigenvalue weighted by Gasteiger charge is 2.31. The van der Waals surface area contributed by atoms with Crippen molar-refractivity contribution >= 4 is 17.2 Å². The molecular weight excluding hydrogens is 168 g/mol. The van der Waals surface area contributed by atoms with Crippen LogP contribution in [0.5, 0.6) is 0 Å². The Labute approximate surface area is 80.5 Å². The first-order valence-electron chi connectivity index (χ1n) is 4.63. The number of hydrogen-bond donors (Lipinski definition) is 0. The van der Waals surface area contributed by atoms with Gasteiger partial charge in [0.05, 0.1) is 17.7 Å². The van der Waals surface area contributed by atoms with E-state index in [-0.39, 0.29) is 0 Å². The summed E-state index contributed by atoms with van der Waals surface area (Å²) in [4.78, 5) is 5.81. The zero-order valence-electron chi connectivity index (χ0n) is 8.37. The summed E-state index contributed by atoms with van der Waals surface area (Å²) >= 11 is 5.32. The van der Waals surface area contributed by atoms with Gasteiger partial charge in [-0.05, 0) is 27.3 Å². The molecule has 0 bridgehead atoms. The zero-order chi connectivity index (χ0) is 9.30. The van der Waals surface area contributed by atoms with E-state index >= 15 is 0 Å². The van der Waals surface area contributed by atoms with Crippen LogP contribution in [-0.4, -0.2) is 40.1 Å². The van der Waals surface area contributed by atoms with Crippen LogP contribution in [0.1, 0.15) is 27.7 Å². The number of hydrogen-bond acceptors (Lipinski definition) is 2. The fourth-order valence-corrected chi connectivity index (χ4v) is 2.40. The summed E-state index contributed by atoms with van der Waals surface area (Å²) in [6.07, 6.45) is 0.488. The maximum absolute atomic E-state index is 5.32. The van der Waals surface area contributed by atoms with E-state index in [1.54, 1.807) is 0 Å². The van der Waals surface area contributed by atoms with E-state index in [0.717, 1.165) is 18.1 Å². The first kappa shape index (κ1) is 9.93. The van der Waals surface area contributed by atoms with Gasteiger partial charge in [-0.15, -0.1) is 0 Å². The Morgan fingerprint density at radius 2 is 2.17 bits per heavy atom. The third-order valence-corrected chi connectivity index (χ3v) is 2.86. The molecule has 0 radical (unpaired) electrons. The van der Waals surface area contributed by atoms with Crippen LogP contribution in [0.15, 0.2) is 0 Å². The van der Waals surface area contributed by atoms with Crippen LogP contribution in [-0.2, 0) is 0 Å². The number of likely N-dealkylation sites (N-methyl/N-ethyl adjacent to an activating group) is 1. The molecule has 70 valence electrons. The Morgan fingerprint density at radius 1 is 1.58 bits per heavy atom. The van der Waals surface area contributed by atoms with E-state index in [9.17, 15) is 0 Å². The van der Waals surface area contributed by atoms with Crippen molar-refractivity contribution < 1.29 is 0 Å². The predicted molar refractivity (Wildman–Crippen MR) is 56.3 cm³/mol. The van der Waals surface area contributed by atoms with Crippen LogP contribution in [0.4, 0.5) is 0 Å². The quantitative estimate of drug-likeness (QED) is 0.606. The minimum atomic E-state index is 0.488. The van der Waals surface area contributed by atoms with Crippen molar-refractivity contribution in [3.05, 3.63) is 0 Å². The molecule has 0 aromatic heterocycles. The fourth-order valence-electron chi connectivity index (χ4n) is 1.87. The van der Waals surface area contributed by atoms with Crippen molar-refractivity contribution in [2.24, 2.45) is 0 Å². The van der Waals surface area contributed by atoms with Gasteiger partial charge in [0.25, 0.3) is 0 Å². The molecule has 1 heterocycles. The second-order valence-corrected chi connectivity index (χ2v) is 4.06. The minimum Gasteiger partial charge on any atom is -0.347 e. The molecule has 1 aliphatic rings. The predicted octanol–water partition coefficient (Wildman–Crippen LogP) is 1.71. The summed E-state index contributed by atoms with van der Waals surface area (Å²) < 4.78 is 0. The molecule has 1 unspecified atom stereocenters. The molecule has 0 amide bonds. The van der Waals surface area contributed by atoms with Crippen molar-refractivity contribution in [1.29, 1.82) is 0 Å². The Bertz CT molecular complexity index is 179. The lowest BCUT2D eigenvalue weighted by atomic mass is 10.3. The van der Waals surface area contributed by atoms with E-state index in [1.165, 1.54) is 0 Å². The van der Waals surface area contributed by atoms with Gasteiger partial charge in [-0.3, -0.25) is 4.90 Å². The van der Waals surface area contributed by atoms with Gasteiger partial charge in [0, 0.05) is 6.04 Å². The SMILES string of the molecule is CCN1CC(=S)N(C(C)C)C1C. The highest BCUT2D eigenvalue weighted by molar-refractivity contribution is 7.80. The molecule has 2 nitrogen and oxygen atoms in total. The molecule has 0 aliphatic carbocycles. The topological polar surface area (TPSA) is 6.48 Å². The summed E-state index contributed by atoms with van der Waals surface area (Å²) in [7, 11) is 0. The summed E-state index contributed by atoms with van der Waals surface area (Å²) in [6.45, 7) is 10.9. The molecule has 1 fully saturated rings. The monoisotopic (exact) mass is 186 g/mol. The van der Waals surface area contributed by atoms with E-state index in [1.807, 2.05) is 0 Å². The summed E-state index contributed by atoms with van der Waals surface area (Å²) in [6, 6.07) is 0.532. The van der Waals surface area contributed by atoms with Gasteiger partial charge < -0.3 is 4.90 Å². The van der Waals surface area contributed by atoms with Crippen molar-refractivity contribution in [1.82, 2.24) is 9.80 Å². The number of nitrogens with zero attached hydrogens (tertiary/aromatic N) is 2. The maximum atomic E-state index is 5.32. The summed E-state index contributed by atoms with van der Waals surface area (Å²) in [5.41, 5.74) is 0. The number of thiocarbonyl (C=S) groups is 1. The molecule has 0 N–H and O–H groups in total. The van der Waals surface area contributed by atoms with Crippen molar-refractivity contribution in [2.75, 3.05) is 13.1 Å². The fraction of sp³-hybridized carbons (Fsp3) is 0.889. The van der Waals surface area contributed by atoms with E-state index < -0.39 is 0 Å². The first-order chi connectivity index (χ1) is 5.57. The van der Waals surface area contributed by atoms with Gasteiger partial charge >= 0.3 is 0 Å². The maximum Gasteiger partial charge on any atom is 0.0937 e. The Kier molecular flexibility index (Phi) is 3.07. The van der Waals surface area contributed by atoms with Crippen LogP contribution < -0.4 is 0 Å². The van der Waals surface area contributed by atoms with Crippen LogP contribution in [0, 0.1) is 0 Å². The molecule has 0 spiro atoms. The van der Waals surface area contributed by atoms with Crippen LogP contribution >= 0.6 is 12.2 Å². The molecule has 1 saturated heterocycles. The molecule has 0 saturated carbocycles. The first-order valence-corrected chi connectivity index (χ1v) is 5.04. The van der Waals surface area contributed by atoms with Gasteiger partial charge in [0.15, 0.2) is 0 Å². The smallest absolute Gasteiger partial charge is 0.0937 e. The third-order valence-electron chi connectivity index (χ3n) is 2.52. The van der Waals surface area contributed by atoms with Gasteiger partial charge in [-0.25, -0.2) is 0 Å². The average Bonchev–Trinajstić information content (AvgIpc) is 2.25. The van der Waals surface area contributed by atoms with Gasteiger partial charge in [0.2, 0.25) is 0 Å². The van der Waals surface area contributed by atoms with E-state index in [4.69, 9.17) is 12.2 Å². The lowest BCUT2D eigenvalue weighted by Crippen LogP contribution is -2.40. The van der Waals surface area contributed by atoms with Crippen molar-refractivity contribution in [2.45, 2.75) is 39.9 Å². The second kappa shape index (κ2) is 3.71. The van der Waals surface area contributed by atoms with E-state index in [2.05, 4.69) is 37.5 Å². The Hall–Kier alpha value is -0.150. The zero-order valence-corrected chi connectivity index (χ0v) is 9.19. The van der Waals surface area contributed by atoms with Gasteiger partial charge in [0.1, 0.15) is 0 Å². The minimum absolute atomic E-state index is 0.488. The standard InChI is InChI=1S/C9H18N2S/c1-5-10-6-9(12)11(7(2)3)8(10)4/h7-8H,5-6H2,1-4H3. The summed E-state index contributed by atoms with van der Waals surface area (Å²) in [5, 5.41) is 0. The molecule has 1 atom stereocenters. The molecule has 1 aliphatic heterocycles. The van der Waals surface area contributed by atoms with Crippen LogP contribution in [0.2, 0.25) is 0 Å². The normalized spacial score (nSPS) is 25.9. The highest BCUT2D eigenvalue weighted by Crippen LogP contribution is 2.18. The van der Waals surface area contributed by atoms with Gasteiger partial charge in [-0.1, -0.05) is 19.1 Å². The molecular formula is C9H18N2S. The van der Waals surface area contributed by atoms with E-state index in [0.29, 0.717) is 12.2 Å². The lowest BCUT2D eigenvalue weighted by molar-refractivity contribution is 0.154. The molecule has 0 aromatic carbocycles. The van der Waals surface area contributed by atoms with Gasteiger partial charge in [-0.2, -0.15) is 0 Å². The largest absolute Gasteiger partial charge is 0.347 e. The number of rotatable bonds is 2. The second-order valence-electron chi connectivity index (χ2n) is 3.59. The van der Waals surface area contributed by atoms with Crippen LogP contribution in [0.25, 0.3) is 0 Å². The van der Waals surface area contributed by atoms with Crippen LogP contribution in [0.3, 0.4) is 0 Å². The molecule has 3 heteroatoms. The molecule has 0 aromatic rings. The molecule has 12 heavy (non-hydrogen) atoms. The summed E-state index contributed by atoms with van der Waals surface area (Å²) in [5.74, 6) is 0. The Morgan fingerprint density at radius 3 is 2.42 bits per heavy atom. The average molecular weight is 186 g/mol.